The topological polar surface area (TPSA) is 86.4 Å². The molecule has 1 aliphatic rings. The Kier molecular flexibility index (Phi) is 5.44. The van der Waals surface area contributed by atoms with Crippen LogP contribution in [0, 0.1) is 13.8 Å². The lowest BCUT2D eigenvalue weighted by Crippen LogP contribution is -2.48. The number of nitrogens with one attached hydrogen (secondary N) is 1. The van der Waals surface area contributed by atoms with Gasteiger partial charge >= 0.3 is 0 Å². The fourth-order valence-corrected chi connectivity index (χ4v) is 5.46. The van der Waals surface area contributed by atoms with Crippen LogP contribution < -0.4 is 10.5 Å². The lowest BCUT2D eigenvalue weighted by Gasteiger charge is -2.35. The maximum atomic E-state index is 13.5. The molecule has 0 atom stereocenters. The van der Waals surface area contributed by atoms with Crippen LogP contribution in [0.4, 0.5) is 5.69 Å². The van der Waals surface area contributed by atoms with E-state index in [1.54, 1.807) is 16.4 Å². The second-order valence-electron chi connectivity index (χ2n) is 7.45. The van der Waals surface area contributed by atoms with Gasteiger partial charge in [0.15, 0.2) is 0 Å². The van der Waals surface area contributed by atoms with Gasteiger partial charge in [0.2, 0.25) is 10.0 Å². The van der Waals surface area contributed by atoms with E-state index in [1.165, 1.54) is 6.07 Å². The maximum absolute atomic E-state index is 13.5. The molecule has 1 aliphatic heterocycles. The van der Waals surface area contributed by atoms with E-state index in [1.807, 2.05) is 50.2 Å². The Hall–Kier alpha value is -2.97. The lowest BCUT2D eigenvalue weighted by molar-refractivity contribution is 0.384. The quantitative estimate of drug-likeness (QED) is 0.696. The van der Waals surface area contributed by atoms with Crippen LogP contribution in [0.2, 0.25) is 0 Å². The molecule has 2 heterocycles. The molecule has 1 N–H and O–H groups in total. The number of sulfonamides is 1. The fourth-order valence-electron chi connectivity index (χ4n) is 3.71. The molecule has 156 valence electrons. The number of anilines is 1. The minimum absolute atomic E-state index is 0.290. The molecule has 0 radical (unpaired) electrons. The molecule has 0 aliphatic carbocycles. The Morgan fingerprint density at radius 2 is 1.63 bits per heavy atom. The third-order valence-electron chi connectivity index (χ3n) is 5.57. The molecule has 0 spiro atoms. The first-order valence-electron chi connectivity index (χ1n) is 9.84. The molecule has 0 saturated carbocycles. The Morgan fingerprint density at radius 3 is 2.27 bits per heavy atom. The molecule has 7 nitrogen and oxygen atoms in total. The first kappa shape index (κ1) is 20.3. The van der Waals surface area contributed by atoms with Crippen molar-refractivity contribution >= 4 is 15.7 Å². The van der Waals surface area contributed by atoms with Crippen molar-refractivity contribution in [2.75, 3.05) is 31.1 Å². The summed E-state index contributed by atoms with van der Waals surface area (Å²) < 4.78 is 28.5. The number of piperazine rings is 1. The number of aromatic nitrogens is 2. The summed E-state index contributed by atoms with van der Waals surface area (Å²) in [6.07, 6.45) is 0. The maximum Gasteiger partial charge on any atom is 0.264 e. The van der Waals surface area contributed by atoms with Crippen LogP contribution in [0.1, 0.15) is 11.1 Å². The van der Waals surface area contributed by atoms with Gasteiger partial charge in [-0.15, -0.1) is 0 Å². The highest BCUT2D eigenvalue weighted by atomic mass is 32.2. The van der Waals surface area contributed by atoms with E-state index in [0.717, 1.165) is 16.8 Å². The number of hydrogen-bond donors (Lipinski definition) is 1. The number of aryl methyl sites for hydroxylation is 1. The molecular weight excluding hydrogens is 400 g/mol. The molecule has 0 unspecified atom stereocenters. The summed E-state index contributed by atoms with van der Waals surface area (Å²) >= 11 is 0. The Balaban J connectivity index is 1.63. The van der Waals surface area contributed by atoms with Gasteiger partial charge in [0.1, 0.15) is 0 Å². The Morgan fingerprint density at radius 1 is 0.933 bits per heavy atom. The number of rotatable bonds is 4. The molecule has 1 aromatic heterocycles. The SMILES string of the molecule is Cc1cc(-c2ccc(=O)[nH]n2)cc(S(=O)(=O)N2CCN(c3ccccc3)CC2)c1C. The summed E-state index contributed by atoms with van der Waals surface area (Å²) in [5.41, 5.74) is 3.59. The average Bonchev–Trinajstić information content (AvgIpc) is 2.76. The summed E-state index contributed by atoms with van der Waals surface area (Å²) in [7, 11) is -3.65. The Bertz CT molecular complexity index is 1190. The highest BCUT2D eigenvalue weighted by Crippen LogP contribution is 2.29. The Labute approximate surface area is 176 Å². The second kappa shape index (κ2) is 8.04. The van der Waals surface area contributed by atoms with Gasteiger partial charge in [0.05, 0.1) is 10.6 Å². The van der Waals surface area contributed by atoms with E-state index in [0.29, 0.717) is 42.3 Å². The van der Waals surface area contributed by atoms with Gasteiger partial charge in [0, 0.05) is 43.5 Å². The van der Waals surface area contributed by atoms with Crippen molar-refractivity contribution in [2.45, 2.75) is 18.7 Å². The number of hydrogen-bond acceptors (Lipinski definition) is 5. The van der Waals surface area contributed by atoms with E-state index in [9.17, 15) is 13.2 Å². The van der Waals surface area contributed by atoms with Crippen LogP contribution in [0.25, 0.3) is 11.3 Å². The second-order valence-corrected chi connectivity index (χ2v) is 9.36. The number of benzene rings is 2. The van der Waals surface area contributed by atoms with E-state index in [-0.39, 0.29) is 5.56 Å². The van der Waals surface area contributed by atoms with Crippen molar-refractivity contribution in [3.05, 3.63) is 76.1 Å². The zero-order chi connectivity index (χ0) is 21.3. The smallest absolute Gasteiger partial charge is 0.264 e. The van der Waals surface area contributed by atoms with Crippen molar-refractivity contribution in [3.63, 3.8) is 0 Å². The molecule has 0 bridgehead atoms. The first-order valence-corrected chi connectivity index (χ1v) is 11.3. The van der Waals surface area contributed by atoms with Gasteiger partial charge in [-0.25, -0.2) is 13.5 Å². The van der Waals surface area contributed by atoms with Crippen LogP contribution in [-0.4, -0.2) is 49.1 Å². The first-order chi connectivity index (χ1) is 14.4. The minimum atomic E-state index is -3.65. The molecule has 4 rings (SSSR count). The number of para-hydroxylation sites is 1. The van der Waals surface area contributed by atoms with Crippen LogP contribution in [0.5, 0.6) is 0 Å². The van der Waals surface area contributed by atoms with Crippen LogP contribution in [0.3, 0.4) is 0 Å². The van der Waals surface area contributed by atoms with Gasteiger partial charge < -0.3 is 4.90 Å². The lowest BCUT2D eigenvalue weighted by atomic mass is 10.0. The monoisotopic (exact) mass is 424 g/mol. The van der Waals surface area contributed by atoms with E-state index < -0.39 is 10.0 Å². The molecule has 1 fully saturated rings. The van der Waals surface area contributed by atoms with E-state index >= 15 is 0 Å². The number of H-pyrrole nitrogens is 1. The van der Waals surface area contributed by atoms with Gasteiger partial charge in [-0.1, -0.05) is 18.2 Å². The highest BCUT2D eigenvalue weighted by molar-refractivity contribution is 7.89. The number of nitrogens with zero attached hydrogens (tertiary/aromatic N) is 3. The molecule has 1 saturated heterocycles. The van der Waals surface area contributed by atoms with Crippen molar-refractivity contribution in [3.8, 4) is 11.3 Å². The van der Waals surface area contributed by atoms with Gasteiger partial charge in [-0.05, 0) is 55.3 Å². The molecule has 0 amide bonds. The molecule has 2 aromatic carbocycles. The largest absolute Gasteiger partial charge is 0.369 e. The van der Waals surface area contributed by atoms with Gasteiger partial charge in [-0.3, -0.25) is 4.79 Å². The standard InChI is InChI=1S/C22H24N4O3S/c1-16-14-18(20-8-9-22(27)24-23-20)15-21(17(16)2)30(28,29)26-12-10-25(11-13-26)19-6-4-3-5-7-19/h3-9,14-15H,10-13H2,1-2H3,(H,24,27). The van der Waals surface area contributed by atoms with Crippen molar-refractivity contribution in [1.82, 2.24) is 14.5 Å². The van der Waals surface area contributed by atoms with Crippen LogP contribution in [-0.2, 0) is 10.0 Å². The van der Waals surface area contributed by atoms with Crippen LogP contribution in [0.15, 0.2) is 64.3 Å². The average molecular weight is 425 g/mol. The van der Waals surface area contributed by atoms with Crippen molar-refractivity contribution in [1.29, 1.82) is 0 Å². The molecule has 30 heavy (non-hydrogen) atoms. The third-order valence-corrected chi connectivity index (χ3v) is 7.60. The third kappa shape index (κ3) is 3.88. The molecule has 8 heteroatoms. The molecular formula is C22H24N4O3S. The minimum Gasteiger partial charge on any atom is -0.369 e. The zero-order valence-corrected chi connectivity index (χ0v) is 17.8. The van der Waals surface area contributed by atoms with E-state index in [4.69, 9.17) is 0 Å². The predicted molar refractivity (Wildman–Crippen MR) is 117 cm³/mol. The summed E-state index contributed by atoms with van der Waals surface area (Å²) in [6.45, 7) is 5.85. The summed E-state index contributed by atoms with van der Waals surface area (Å²) in [6, 6.07) is 16.6. The predicted octanol–water partition coefficient (Wildman–Crippen LogP) is 2.56. The van der Waals surface area contributed by atoms with Gasteiger partial charge in [-0.2, -0.15) is 9.40 Å². The fraction of sp³-hybridized carbons (Fsp3) is 0.273. The van der Waals surface area contributed by atoms with Crippen molar-refractivity contribution < 1.29 is 8.42 Å². The number of aromatic amines is 1. The normalized spacial score (nSPS) is 15.3. The van der Waals surface area contributed by atoms with E-state index in [2.05, 4.69) is 15.1 Å². The highest BCUT2D eigenvalue weighted by Gasteiger charge is 2.30. The zero-order valence-electron chi connectivity index (χ0n) is 17.0. The van der Waals surface area contributed by atoms with Crippen molar-refractivity contribution in [2.24, 2.45) is 0 Å². The van der Waals surface area contributed by atoms with Crippen LogP contribution >= 0.6 is 0 Å². The van der Waals surface area contributed by atoms with Gasteiger partial charge in [0.25, 0.3) is 5.56 Å². The summed E-state index contributed by atoms with van der Waals surface area (Å²) in [5.74, 6) is 0. The summed E-state index contributed by atoms with van der Waals surface area (Å²) in [4.78, 5) is 13.8. The molecule has 3 aromatic rings. The summed E-state index contributed by atoms with van der Waals surface area (Å²) in [5, 5.41) is 6.45.